The van der Waals surface area contributed by atoms with Crippen LogP contribution in [0.3, 0.4) is 0 Å². The normalized spacial score (nSPS) is 11.5. The van der Waals surface area contributed by atoms with Crippen LogP contribution >= 0.6 is 0 Å². The van der Waals surface area contributed by atoms with E-state index in [0.29, 0.717) is 28.3 Å². The zero-order valence-electron chi connectivity index (χ0n) is 15.9. The molecule has 3 rings (SSSR count). The third kappa shape index (κ3) is 5.00. The number of allylic oxidation sites excluding steroid dienone is 1. The fourth-order valence-corrected chi connectivity index (χ4v) is 3.28. The molecular weight excluding hydrogens is 408 g/mol. The smallest absolute Gasteiger partial charge is 0.280 e. The van der Waals surface area contributed by atoms with E-state index in [1.807, 2.05) is 0 Å². The summed E-state index contributed by atoms with van der Waals surface area (Å²) in [5, 5.41) is 11.2. The fraction of sp³-hybridized carbons (Fsp3) is 0.0952. The van der Waals surface area contributed by atoms with Crippen LogP contribution in [0.15, 0.2) is 71.2 Å². The summed E-state index contributed by atoms with van der Waals surface area (Å²) >= 11 is 0. The Morgan fingerprint density at radius 2 is 1.80 bits per heavy atom. The van der Waals surface area contributed by atoms with Gasteiger partial charge in [-0.1, -0.05) is 12.1 Å². The molecule has 0 bridgehead atoms. The van der Waals surface area contributed by atoms with Gasteiger partial charge in [-0.05, 0) is 61.5 Å². The number of sulfonamides is 1. The van der Waals surface area contributed by atoms with E-state index < -0.39 is 14.9 Å². The Balaban J connectivity index is 1.73. The van der Waals surface area contributed by atoms with Gasteiger partial charge < -0.3 is 4.42 Å². The number of hydrogen-bond donors (Lipinski definition) is 1. The largest absolute Gasteiger partial charge is 0.456 e. The van der Waals surface area contributed by atoms with Gasteiger partial charge >= 0.3 is 0 Å². The molecule has 2 aromatic carbocycles. The van der Waals surface area contributed by atoms with E-state index in [1.165, 1.54) is 49.4 Å². The maximum Gasteiger partial charge on any atom is 0.280 e. The summed E-state index contributed by atoms with van der Waals surface area (Å²) in [5.74, 6) is 0.336. The predicted molar refractivity (Wildman–Crippen MR) is 114 cm³/mol. The van der Waals surface area contributed by atoms with Gasteiger partial charge in [-0.2, -0.15) is 0 Å². The second-order valence-corrected chi connectivity index (χ2v) is 8.27. The van der Waals surface area contributed by atoms with Gasteiger partial charge in [0.15, 0.2) is 5.78 Å². The Labute approximate surface area is 173 Å². The number of benzene rings is 2. The Hall–Kier alpha value is -3.72. The van der Waals surface area contributed by atoms with Crippen molar-refractivity contribution in [2.45, 2.75) is 6.92 Å². The molecule has 0 aliphatic rings. The van der Waals surface area contributed by atoms with Crippen molar-refractivity contribution < 1.29 is 22.6 Å². The Bertz CT molecular complexity index is 1210. The van der Waals surface area contributed by atoms with E-state index in [0.717, 1.165) is 0 Å². The lowest BCUT2D eigenvalue weighted by Crippen LogP contribution is -2.14. The topological polar surface area (TPSA) is 120 Å². The van der Waals surface area contributed by atoms with E-state index in [9.17, 15) is 23.3 Å². The summed E-state index contributed by atoms with van der Waals surface area (Å²) in [6.07, 6.45) is 2.78. The van der Waals surface area contributed by atoms with Crippen LogP contribution in [0.4, 0.5) is 11.4 Å². The summed E-state index contributed by atoms with van der Waals surface area (Å²) in [7, 11) is -3.38. The first-order valence-corrected chi connectivity index (χ1v) is 10.6. The van der Waals surface area contributed by atoms with Crippen LogP contribution in [0, 0.1) is 10.1 Å². The Kier molecular flexibility index (Phi) is 6.12. The van der Waals surface area contributed by atoms with Gasteiger partial charge in [0.25, 0.3) is 5.69 Å². The third-order valence-corrected chi connectivity index (χ3v) is 5.52. The molecule has 0 aliphatic heterocycles. The monoisotopic (exact) mass is 426 g/mol. The standard InChI is InChI=1S/C21H18N2O6S/c1-2-30(27,28)22-16-9-7-15(8-10-16)20(24)13-11-17-12-14-21(29-17)18-5-3-4-6-19(18)23(25)26/h3-14,22H,2H2,1H3. The van der Waals surface area contributed by atoms with Crippen molar-refractivity contribution in [3.05, 3.63) is 88.2 Å². The highest BCUT2D eigenvalue weighted by Crippen LogP contribution is 2.31. The molecule has 1 aromatic heterocycles. The van der Waals surface area contributed by atoms with Crippen LogP contribution in [-0.2, 0) is 10.0 Å². The number of nitro benzene ring substituents is 1. The second kappa shape index (κ2) is 8.75. The van der Waals surface area contributed by atoms with Crippen LogP contribution in [0.1, 0.15) is 23.0 Å². The minimum absolute atomic E-state index is 0.0479. The van der Waals surface area contributed by atoms with Crippen molar-refractivity contribution in [1.82, 2.24) is 0 Å². The molecule has 30 heavy (non-hydrogen) atoms. The average Bonchev–Trinajstić information content (AvgIpc) is 3.21. The molecule has 0 fully saturated rings. The SMILES string of the molecule is CCS(=O)(=O)Nc1ccc(C(=O)C=Cc2ccc(-c3ccccc3[N+](=O)[O-])o2)cc1. The molecule has 0 aliphatic carbocycles. The molecule has 3 aromatic rings. The number of anilines is 1. The van der Waals surface area contributed by atoms with Crippen molar-refractivity contribution in [2.75, 3.05) is 10.5 Å². The van der Waals surface area contributed by atoms with Crippen molar-refractivity contribution in [1.29, 1.82) is 0 Å². The molecule has 8 nitrogen and oxygen atoms in total. The number of para-hydroxylation sites is 1. The van der Waals surface area contributed by atoms with E-state index >= 15 is 0 Å². The van der Waals surface area contributed by atoms with Crippen molar-refractivity contribution in [3.63, 3.8) is 0 Å². The number of furan rings is 1. The minimum Gasteiger partial charge on any atom is -0.456 e. The van der Waals surface area contributed by atoms with Crippen molar-refractivity contribution >= 4 is 33.3 Å². The highest BCUT2D eigenvalue weighted by molar-refractivity contribution is 7.92. The van der Waals surface area contributed by atoms with Gasteiger partial charge in [0, 0.05) is 17.3 Å². The van der Waals surface area contributed by atoms with E-state index in [1.54, 1.807) is 30.3 Å². The zero-order valence-corrected chi connectivity index (χ0v) is 16.8. The average molecular weight is 426 g/mol. The molecule has 154 valence electrons. The van der Waals surface area contributed by atoms with Crippen LogP contribution < -0.4 is 4.72 Å². The number of nitrogens with zero attached hydrogens (tertiary/aromatic N) is 1. The Morgan fingerprint density at radius 3 is 2.47 bits per heavy atom. The van der Waals surface area contributed by atoms with Crippen LogP contribution in [0.5, 0.6) is 0 Å². The molecule has 0 amide bonds. The molecular formula is C21H18N2O6S. The lowest BCUT2D eigenvalue weighted by molar-refractivity contribution is -0.384. The van der Waals surface area contributed by atoms with E-state index in [-0.39, 0.29) is 17.2 Å². The van der Waals surface area contributed by atoms with Crippen LogP contribution in [0.25, 0.3) is 17.4 Å². The number of rotatable bonds is 8. The van der Waals surface area contributed by atoms with Gasteiger partial charge in [-0.15, -0.1) is 0 Å². The predicted octanol–water partition coefficient (Wildman–Crippen LogP) is 4.51. The molecule has 0 saturated heterocycles. The van der Waals surface area contributed by atoms with Crippen molar-refractivity contribution in [2.24, 2.45) is 0 Å². The molecule has 0 atom stereocenters. The fourth-order valence-electron chi connectivity index (χ4n) is 2.64. The van der Waals surface area contributed by atoms with Crippen LogP contribution in [0.2, 0.25) is 0 Å². The minimum atomic E-state index is -3.38. The number of hydrogen-bond acceptors (Lipinski definition) is 6. The summed E-state index contributed by atoms with van der Waals surface area (Å²) < 4.78 is 31.2. The highest BCUT2D eigenvalue weighted by atomic mass is 32.2. The maximum atomic E-state index is 12.3. The Morgan fingerprint density at radius 1 is 1.10 bits per heavy atom. The molecule has 9 heteroatoms. The molecule has 0 radical (unpaired) electrons. The summed E-state index contributed by atoms with van der Waals surface area (Å²) in [4.78, 5) is 23.0. The lowest BCUT2D eigenvalue weighted by atomic mass is 10.1. The first kappa shape index (κ1) is 21.0. The number of nitro groups is 1. The second-order valence-electron chi connectivity index (χ2n) is 6.26. The van der Waals surface area contributed by atoms with Gasteiger partial charge in [0.1, 0.15) is 11.5 Å². The number of nitrogens with one attached hydrogen (secondary N) is 1. The highest BCUT2D eigenvalue weighted by Gasteiger charge is 2.16. The molecule has 1 N–H and O–H groups in total. The summed E-state index contributed by atoms with van der Waals surface area (Å²) in [6, 6.07) is 15.5. The lowest BCUT2D eigenvalue weighted by Gasteiger charge is -2.06. The van der Waals surface area contributed by atoms with E-state index in [2.05, 4.69) is 4.72 Å². The van der Waals surface area contributed by atoms with E-state index in [4.69, 9.17) is 4.42 Å². The third-order valence-electron chi connectivity index (χ3n) is 4.21. The number of carbonyl (C=O) groups is 1. The van der Waals surface area contributed by atoms with Gasteiger partial charge in [-0.25, -0.2) is 8.42 Å². The molecule has 0 saturated carbocycles. The number of ketones is 1. The van der Waals surface area contributed by atoms with Crippen molar-refractivity contribution in [3.8, 4) is 11.3 Å². The number of carbonyl (C=O) groups excluding carboxylic acids is 1. The van der Waals surface area contributed by atoms with Gasteiger partial charge in [0.2, 0.25) is 10.0 Å². The zero-order chi connectivity index (χ0) is 21.7. The maximum absolute atomic E-state index is 12.3. The first-order chi connectivity index (χ1) is 14.3. The molecule has 0 spiro atoms. The summed E-state index contributed by atoms with van der Waals surface area (Å²) in [5.41, 5.74) is 1.02. The molecule has 1 heterocycles. The first-order valence-electron chi connectivity index (χ1n) is 8.95. The quantitative estimate of drug-likeness (QED) is 0.245. The van der Waals surface area contributed by atoms with Crippen LogP contribution in [-0.4, -0.2) is 24.9 Å². The summed E-state index contributed by atoms with van der Waals surface area (Å²) in [6.45, 7) is 1.53. The van der Waals surface area contributed by atoms with Gasteiger partial charge in [-0.3, -0.25) is 19.6 Å². The molecule has 0 unspecified atom stereocenters. The van der Waals surface area contributed by atoms with Gasteiger partial charge in [0.05, 0.1) is 16.2 Å².